The molecular weight excluding hydrogens is 361 g/mol. The van der Waals surface area contributed by atoms with Crippen LogP contribution in [0.1, 0.15) is 16.2 Å². The topological polar surface area (TPSA) is 81.9 Å². The maximum Gasteiger partial charge on any atom is 0.337 e. The van der Waals surface area contributed by atoms with Gasteiger partial charge < -0.3 is 10.1 Å². The fourth-order valence-corrected chi connectivity index (χ4v) is 2.94. The van der Waals surface area contributed by atoms with Gasteiger partial charge in [0, 0.05) is 11.8 Å². The fourth-order valence-electron chi connectivity index (χ4n) is 2.94. The number of fused-ring (bicyclic) bond motifs is 1. The molecule has 2 aromatic heterocycles. The molecule has 2 aromatic carbocycles. The molecular formula is C20H16FN5O2. The molecule has 4 rings (SSSR count). The van der Waals surface area contributed by atoms with Crippen LogP contribution in [-0.4, -0.2) is 32.6 Å². The van der Waals surface area contributed by atoms with E-state index in [4.69, 9.17) is 0 Å². The van der Waals surface area contributed by atoms with Gasteiger partial charge in [-0.1, -0.05) is 0 Å². The zero-order valence-corrected chi connectivity index (χ0v) is 15.2. The first kappa shape index (κ1) is 17.6. The van der Waals surface area contributed by atoms with E-state index in [0.717, 1.165) is 5.69 Å². The second-order valence-corrected chi connectivity index (χ2v) is 6.08. The third-order valence-corrected chi connectivity index (χ3v) is 4.21. The summed E-state index contributed by atoms with van der Waals surface area (Å²) < 4.78 is 20.1. The van der Waals surface area contributed by atoms with Crippen molar-refractivity contribution in [2.75, 3.05) is 12.4 Å². The Bertz CT molecular complexity index is 1170. The first-order chi connectivity index (χ1) is 13.5. The van der Waals surface area contributed by atoms with Crippen LogP contribution in [0, 0.1) is 12.7 Å². The summed E-state index contributed by atoms with van der Waals surface area (Å²) in [5.74, 6) is 0.946. The molecule has 8 heteroatoms. The highest BCUT2D eigenvalue weighted by molar-refractivity contribution is 5.89. The molecule has 28 heavy (non-hydrogen) atoms. The lowest BCUT2D eigenvalue weighted by Crippen LogP contribution is -2.04. The SMILES string of the molecule is COC(=O)c1ccc(Nc2cncc(-n3c(C)nc4ccc(F)cc43)n2)cc1. The molecule has 0 amide bonds. The number of anilines is 2. The van der Waals surface area contributed by atoms with Gasteiger partial charge >= 0.3 is 5.97 Å². The number of benzene rings is 2. The molecule has 0 aliphatic rings. The molecule has 0 spiro atoms. The van der Waals surface area contributed by atoms with E-state index in [1.807, 2.05) is 6.92 Å². The summed E-state index contributed by atoms with van der Waals surface area (Å²) in [7, 11) is 1.34. The van der Waals surface area contributed by atoms with Crippen molar-refractivity contribution in [1.82, 2.24) is 19.5 Å². The predicted molar refractivity (Wildman–Crippen MR) is 102 cm³/mol. The fraction of sp³-hybridized carbons (Fsp3) is 0.100. The molecule has 0 saturated carbocycles. The number of nitrogens with one attached hydrogen (secondary N) is 1. The monoisotopic (exact) mass is 377 g/mol. The third kappa shape index (κ3) is 3.27. The van der Waals surface area contributed by atoms with Gasteiger partial charge in [-0.2, -0.15) is 0 Å². The first-order valence-corrected chi connectivity index (χ1v) is 8.47. The molecule has 0 bridgehead atoms. The van der Waals surface area contributed by atoms with Gasteiger partial charge in [0.05, 0.1) is 36.1 Å². The number of hydrogen-bond donors (Lipinski definition) is 1. The molecule has 0 aliphatic heterocycles. The lowest BCUT2D eigenvalue weighted by molar-refractivity contribution is 0.0601. The molecule has 4 aromatic rings. The van der Waals surface area contributed by atoms with Gasteiger partial charge in [-0.25, -0.2) is 19.2 Å². The number of imidazole rings is 1. The average Bonchev–Trinajstić information content (AvgIpc) is 3.03. The summed E-state index contributed by atoms with van der Waals surface area (Å²) in [4.78, 5) is 24.7. The average molecular weight is 377 g/mol. The Morgan fingerprint density at radius 1 is 1.11 bits per heavy atom. The summed E-state index contributed by atoms with van der Waals surface area (Å²) in [5, 5.41) is 3.14. The van der Waals surface area contributed by atoms with Crippen LogP contribution in [0.3, 0.4) is 0 Å². The Morgan fingerprint density at radius 3 is 2.64 bits per heavy atom. The van der Waals surface area contributed by atoms with Gasteiger partial charge in [0.25, 0.3) is 0 Å². The summed E-state index contributed by atoms with van der Waals surface area (Å²) in [6.07, 6.45) is 3.16. The lowest BCUT2D eigenvalue weighted by atomic mass is 10.2. The smallest absolute Gasteiger partial charge is 0.337 e. The number of ether oxygens (including phenoxy) is 1. The molecule has 0 saturated heterocycles. The minimum atomic E-state index is -0.400. The molecule has 7 nitrogen and oxygen atoms in total. The Morgan fingerprint density at radius 2 is 1.89 bits per heavy atom. The van der Waals surface area contributed by atoms with E-state index in [2.05, 4.69) is 25.0 Å². The molecule has 2 heterocycles. The van der Waals surface area contributed by atoms with Crippen molar-refractivity contribution in [3.05, 3.63) is 72.1 Å². The number of methoxy groups -OCH3 is 1. The maximum absolute atomic E-state index is 13.7. The van der Waals surface area contributed by atoms with E-state index in [9.17, 15) is 9.18 Å². The quantitative estimate of drug-likeness (QED) is 0.545. The van der Waals surface area contributed by atoms with Crippen LogP contribution >= 0.6 is 0 Å². The summed E-state index contributed by atoms with van der Waals surface area (Å²) in [6.45, 7) is 1.82. The largest absolute Gasteiger partial charge is 0.465 e. The number of rotatable bonds is 4. The zero-order chi connectivity index (χ0) is 19.7. The molecule has 0 radical (unpaired) electrons. The van der Waals surface area contributed by atoms with Crippen LogP contribution in [0.2, 0.25) is 0 Å². The van der Waals surface area contributed by atoms with E-state index in [1.165, 1.54) is 19.2 Å². The van der Waals surface area contributed by atoms with Gasteiger partial charge in [-0.3, -0.25) is 9.55 Å². The number of halogens is 1. The molecule has 1 N–H and O–H groups in total. The van der Waals surface area contributed by atoms with E-state index in [0.29, 0.717) is 34.1 Å². The maximum atomic E-state index is 13.7. The Balaban J connectivity index is 1.66. The number of aryl methyl sites for hydroxylation is 1. The van der Waals surface area contributed by atoms with Crippen LogP contribution in [0.5, 0.6) is 0 Å². The summed E-state index contributed by atoms with van der Waals surface area (Å²) in [6, 6.07) is 11.2. The molecule has 140 valence electrons. The highest BCUT2D eigenvalue weighted by atomic mass is 19.1. The van der Waals surface area contributed by atoms with Crippen molar-refractivity contribution in [2.24, 2.45) is 0 Å². The van der Waals surface area contributed by atoms with Gasteiger partial charge in [-0.15, -0.1) is 0 Å². The number of hydrogen-bond acceptors (Lipinski definition) is 6. The van der Waals surface area contributed by atoms with E-state index >= 15 is 0 Å². The second kappa shape index (κ2) is 7.07. The number of esters is 1. The highest BCUT2D eigenvalue weighted by Crippen LogP contribution is 2.22. The van der Waals surface area contributed by atoms with E-state index < -0.39 is 5.97 Å². The normalized spacial score (nSPS) is 10.8. The van der Waals surface area contributed by atoms with Crippen molar-refractivity contribution in [3.8, 4) is 5.82 Å². The van der Waals surface area contributed by atoms with Crippen molar-refractivity contribution in [3.63, 3.8) is 0 Å². The number of carbonyl (C=O) groups excluding carboxylic acids is 1. The molecule has 0 unspecified atom stereocenters. The number of carbonyl (C=O) groups is 1. The van der Waals surface area contributed by atoms with Crippen molar-refractivity contribution >= 4 is 28.5 Å². The summed E-state index contributed by atoms with van der Waals surface area (Å²) in [5.41, 5.74) is 2.48. The minimum absolute atomic E-state index is 0.346. The van der Waals surface area contributed by atoms with Gasteiger partial charge in [0.1, 0.15) is 11.6 Å². The summed E-state index contributed by atoms with van der Waals surface area (Å²) >= 11 is 0. The van der Waals surface area contributed by atoms with Gasteiger partial charge in [-0.05, 0) is 43.3 Å². The Hall–Kier alpha value is -3.81. The third-order valence-electron chi connectivity index (χ3n) is 4.21. The van der Waals surface area contributed by atoms with Crippen molar-refractivity contribution in [2.45, 2.75) is 6.92 Å². The van der Waals surface area contributed by atoms with E-state index in [-0.39, 0.29) is 5.82 Å². The molecule has 0 fully saturated rings. The van der Waals surface area contributed by atoms with Crippen LogP contribution in [-0.2, 0) is 4.74 Å². The Labute approximate surface area is 159 Å². The van der Waals surface area contributed by atoms with E-state index in [1.54, 1.807) is 47.3 Å². The van der Waals surface area contributed by atoms with Crippen LogP contribution in [0.25, 0.3) is 16.9 Å². The molecule has 0 atom stereocenters. The van der Waals surface area contributed by atoms with Crippen molar-refractivity contribution < 1.29 is 13.9 Å². The zero-order valence-electron chi connectivity index (χ0n) is 15.2. The molecule has 0 aliphatic carbocycles. The van der Waals surface area contributed by atoms with Crippen molar-refractivity contribution in [1.29, 1.82) is 0 Å². The number of nitrogens with zero attached hydrogens (tertiary/aromatic N) is 4. The highest BCUT2D eigenvalue weighted by Gasteiger charge is 2.12. The van der Waals surface area contributed by atoms with Gasteiger partial charge in [0.15, 0.2) is 11.6 Å². The minimum Gasteiger partial charge on any atom is -0.465 e. The second-order valence-electron chi connectivity index (χ2n) is 6.08. The van der Waals surface area contributed by atoms with Crippen LogP contribution in [0.4, 0.5) is 15.9 Å². The predicted octanol–water partition coefficient (Wildman–Crippen LogP) is 3.79. The lowest BCUT2D eigenvalue weighted by Gasteiger charge is -2.10. The van der Waals surface area contributed by atoms with Crippen LogP contribution in [0.15, 0.2) is 54.9 Å². The van der Waals surface area contributed by atoms with Gasteiger partial charge in [0.2, 0.25) is 0 Å². The first-order valence-electron chi connectivity index (χ1n) is 8.47. The Kier molecular flexibility index (Phi) is 4.44. The van der Waals surface area contributed by atoms with Crippen LogP contribution < -0.4 is 5.32 Å². The standard InChI is InChI=1S/C20H16FN5O2/c1-12-23-16-8-5-14(21)9-17(16)26(12)19-11-22-10-18(25-19)24-15-6-3-13(4-7-15)20(27)28-2/h3-11H,1-2H3,(H,24,25). The number of aromatic nitrogens is 4.